The zero-order valence-corrected chi connectivity index (χ0v) is 15.4. The second-order valence-corrected chi connectivity index (χ2v) is 3.20. The summed E-state index contributed by atoms with van der Waals surface area (Å²) in [7, 11) is 0. The van der Waals surface area contributed by atoms with Crippen LogP contribution in [0.3, 0.4) is 0 Å². The van der Waals surface area contributed by atoms with Gasteiger partial charge in [0.05, 0.1) is 5.70 Å². The first kappa shape index (κ1) is 25.0. The molecule has 0 aliphatic carbocycles. The average molecular weight is 307 g/mol. The minimum atomic E-state index is -0.234. The van der Waals surface area contributed by atoms with Crippen LogP contribution in [0.5, 0.6) is 0 Å². The van der Waals surface area contributed by atoms with E-state index in [1.807, 2.05) is 47.6 Å². The lowest BCUT2D eigenvalue weighted by atomic mass is 10.2. The summed E-state index contributed by atoms with van der Waals surface area (Å²) in [6.45, 7) is 15.5. The molecule has 1 aromatic carbocycles. The number of carbonyl (C=O) groups excluding carboxylic acids is 1. The van der Waals surface area contributed by atoms with Gasteiger partial charge < -0.3 is 10.4 Å². The molecule has 0 radical (unpaired) electrons. The highest BCUT2D eigenvalue weighted by Crippen LogP contribution is 2.05. The Morgan fingerprint density at radius 1 is 0.909 bits per heavy atom. The van der Waals surface area contributed by atoms with Crippen LogP contribution in [0.25, 0.3) is 0 Å². The third-order valence-corrected chi connectivity index (χ3v) is 2.12. The van der Waals surface area contributed by atoms with Crippen molar-refractivity contribution in [3.63, 3.8) is 0 Å². The molecular weight excluding hydrogens is 274 g/mol. The van der Waals surface area contributed by atoms with Gasteiger partial charge in [-0.1, -0.05) is 65.8 Å². The number of amides is 1. The summed E-state index contributed by atoms with van der Waals surface area (Å²) in [5.74, 6) is -0.172. The Kier molecular flexibility index (Phi) is 21.5. The highest BCUT2D eigenvalue weighted by Gasteiger charge is 2.08. The first-order chi connectivity index (χ1) is 10.7. The third-order valence-electron chi connectivity index (χ3n) is 2.12. The van der Waals surface area contributed by atoms with Crippen molar-refractivity contribution in [2.75, 3.05) is 0 Å². The minimum Gasteiger partial charge on any atom is -0.506 e. The molecule has 0 fully saturated rings. The molecule has 1 rings (SSSR count). The predicted octanol–water partition coefficient (Wildman–Crippen LogP) is 5.86. The van der Waals surface area contributed by atoms with Crippen molar-refractivity contribution in [3.05, 3.63) is 59.5 Å². The van der Waals surface area contributed by atoms with Gasteiger partial charge in [-0.2, -0.15) is 0 Å². The van der Waals surface area contributed by atoms with Crippen LogP contribution in [0.1, 0.15) is 65.7 Å². The maximum absolute atomic E-state index is 11.7. The highest BCUT2D eigenvalue weighted by molar-refractivity contribution is 5.95. The van der Waals surface area contributed by atoms with Gasteiger partial charge in [0.2, 0.25) is 0 Å². The summed E-state index contributed by atoms with van der Waals surface area (Å²) >= 11 is 0. The Labute approximate surface area is 136 Å². The molecule has 1 amide bonds. The third kappa shape index (κ3) is 10.7. The van der Waals surface area contributed by atoms with Crippen molar-refractivity contribution in [2.45, 2.75) is 55.4 Å². The summed E-state index contributed by atoms with van der Waals surface area (Å²) in [6.07, 6.45) is 3.18. The maximum Gasteiger partial charge on any atom is 0.255 e. The number of carbonyl (C=O) groups is 1. The molecule has 0 aliphatic heterocycles. The Balaban J connectivity index is -0.000000535. The van der Waals surface area contributed by atoms with E-state index in [0.29, 0.717) is 11.3 Å². The van der Waals surface area contributed by atoms with Gasteiger partial charge in [-0.15, -0.1) is 0 Å². The Bertz CT molecular complexity index is 420. The number of hydrogen-bond donors (Lipinski definition) is 2. The van der Waals surface area contributed by atoms with Crippen LogP contribution < -0.4 is 5.32 Å². The lowest BCUT2D eigenvalue weighted by Crippen LogP contribution is -2.23. The van der Waals surface area contributed by atoms with Crippen molar-refractivity contribution in [1.82, 2.24) is 5.32 Å². The van der Waals surface area contributed by atoms with E-state index in [0.717, 1.165) is 0 Å². The predicted molar refractivity (Wildman–Crippen MR) is 98.1 cm³/mol. The van der Waals surface area contributed by atoms with Crippen LogP contribution in [0, 0.1) is 0 Å². The molecule has 0 unspecified atom stereocenters. The van der Waals surface area contributed by atoms with Crippen molar-refractivity contribution < 1.29 is 9.90 Å². The fourth-order valence-electron chi connectivity index (χ4n) is 1.22. The molecule has 2 N–H and O–H groups in total. The lowest BCUT2D eigenvalue weighted by Gasteiger charge is -2.08. The quantitative estimate of drug-likeness (QED) is 0.542. The van der Waals surface area contributed by atoms with E-state index in [1.54, 1.807) is 44.2 Å². The van der Waals surface area contributed by atoms with Crippen LogP contribution >= 0.6 is 0 Å². The fraction of sp³-hybridized carbons (Fsp3) is 0.421. The van der Waals surface area contributed by atoms with Crippen LogP contribution in [-0.4, -0.2) is 11.0 Å². The van der Waals surface area contributed by atoms with E-state index in [1.165, 1.54) is 6.08 Å². The molecule has 0 aliphatic rings. The molecule has 0 spiro atoms. The van der Waals surface area contributed by atoms with Crippen molar-refractivity contribution in [1.29, 1.82) is 0 Å². The second kappa shape index (κ2) is 19.0. The molecule has 3 nitrogen and oxygen atoms in total. The van der Waals surface area contributed by atoms with Gasteiger partial charge in [-0.05, 0) is 32.1 Å². The van der Waals surface area contributed by atoms with E-state index in [2.05, 4.69) is 5.32 Å². The van der Waals surface area contributed by atoms with E-state index < -0.39 is 0 Å². The number of benzene rings is 1. The van der Waals surface area contributed by atoms with Crippen molar-refractivity contribution in [2.24, 2.45) is 0 Å². The van der Waals surface area contributed by atoms with Gasteiger partial charge in [-0.25, -0.2) is 0 Å². The number of rotatable bonds is 3. The molecular formula is C19H33NO2. The Hall–Kier alpha value is -2.03. The first-order valence-electron chi connectivity index (χ1n) is 8.07. The first-order valence-corrected chi connectivity index (χ1v) is 8.07. The molecule has 3 heteroatoms. The minimum absolute atomic E-state index is 0.0618. The zero-order valence-electron chi connectivity index (χ0n) is 15.4. The topological polar surface area (TPSA) is 49.3 Å². The van der Waals surface area contributed by atoms with Crippen molar-refractivity contribution >= 4 is 5.91 Å². The summed E-state index contributed by atoms with van der Waals surface area (Å²) < 4.78 is 0. The summed E-state index contributed by atoms with van der Waals surface area (Å²) in [4.78, 5) is 11.7. The average Bonchev–Trinajstić information content (AvgIpc) is 2.64. The molecule has 0 saturated carbocycles. The van der Waals surface area contributed by atoms with Crippen LogP contribution in [0.2, 0.25) is 0 Å². The van der Waals surface area contributed by atoms with Gasteiger partial charge in [0, 0.05) is 5.56 Å². The smallest absolute Gasteiger partial charge is 0.255 e. The Morgan fingerprint density at radius 2 is 1.36 bits per heavy atom. The van der Waals surface area contributed by atoms with Gasteiger partial charge in [0.15, 0.2) is 0 Å². The standard InChI is InChI=1S/C13H15NO2.3C2H6/c1-3-11(12(15)4-2)14-13(16)10-8-6-5-7-9-10;3*1-2/h3-9,15H,1-2H3,(H,14,16);3*1-2H3/b11-3+,12-4+;;;. The van der Waals surface area contributed by atoms with Crippen LogP contribution in [-0.2, 0) is 0 Å². The highest BCUT2D eigenvalue weighted by atomic mass is 16.3. The van der Waals surface area contributed by atoms with Gasteiger partial charge in [0.25, 0.3) is 5.91 Å². The Morgan fingerprint density at radius 3 is 1.73 bits per heavy atom. The fourth-order valence-corrected chi connectivity index (χ4v) is 1.22. The largest absolute Gasteiger partial charge is 0.506 e. The van der Waals surface area contributed by atoms with E-state index in [4.69, 9.17) is 0 Å². The molecule has 22 heavy (non-hydrogen) atoms. The van der Waals surface area contributed by atoms with Gasteiger partial charge in [0.1, 0.15) is 5.76 Å². The van der Waals surface area contributed by atoms with Gasteiger partial charge in [-0.3, -0.25) is 4.79 Å². The van der Waals surface area contributed by atoms with E-state index in [9.17, 15) is 9.90 Å². The summed E-state index contributed by atoms with van der Waals surface area (Å²) in [6, 6.07) is 8.86. The SMILES string of the molecule is C/C=C(O)\C(=C/C)NC(=O)c1ccccc1.CC.CC.CC. The maximum atomic E-state index is 11.7. The number of aliphatic hydroxyl groups is 1. The van der Waals surface area contributed by atoms with Crippen molar-refractivity contribution in [3.8, 4) is 0 Å². The number of allylic oxidation sites excluding steroid dienone is 2. The lowest BCUT2D eigenvalue weighted by molar-refractivity contribution is 0.0964. The molecule has 0 saturated heterocycles. The van der Waals surface area contributed by atoms with E-state index >= 15 is 0 Å². The van der Waals surface area contributed by atoms with Crippen LogP contribution in [0.4, 0.5) is 0 Å². The summed E-state index contributed by atoms with van der Waals surface area (Å²) in [5.41, 5.74) is 0.974. The van der Waals surface area contributed by atoms with Gasteiger partial charge >= 0.3 is 0 Å². The molecule has 1 aromatic rings. The van der Waals surface area contributed by atoms with Crippen LogP contribution in [0.15, 0.2) is 53.9 Å². The zero-order chi connectivity index (χ0) is 18.0. The molecule has 126 valence electrons. The molecule has 0 atom stereocenters. The molecule has 0 aromatic heterocycles. The normalized spacial score (nSPS) is 9.82. The number of aliphatic hydroxyl groups excluding tert-OH is 1. The molecule has 0 heterocycles. The monoisotopic (exact) mass is 307 g/mol. The summed E-state index contributed by atoms with van der Waals surface area (Å²) in [5, 5.41) is 12.1. The second-order valence-electron chi connectivity index (χ2n) is 3.20. The number of hydrogen-bond acceptors (Lipinski definition) is 2. The van der Waals surface area contributed by atoms with E-state index in [-0.39, 0.29) is 11.7 Å². The number of nitrogens with one attached hydrogen (secondary N) is 1. The molecule has 0 bridgehead atoms.